The number of hydrogen-bond acceptors (Lipinski definition) is 2. The quantitative estimate of drug-likeness (QED) is 0.851. The number of nitrogens with zero attached hydrogens (tertiary/aromatic N) is 2. The minimum absolute atomic E-state index is 0.0160. The molecule has 4 nitrogen and oxygen atoms in total. The number of amides is 2. The van der Waals surface area contributed by atoms with Gasteiger partial charge in [0.1, 0.15) is 0 Å². The molecule has 2 amide bonds. The molecule has 1 fully saturated rings. The zero-order valence-electron chi connectivity index (χ0n) is 9.06. The Labute approximate surface area is 99.6 Å². The predicted molar refractivity (Wildman–Crippen MR) is 64.8 cm³/mol. The van der Waals surface area contributed by atoms with Gasteiger partial charge in [-0.3, -0.25) is 4.90 Å². The zero-order chi connectivity index (χ0) is 11.7. The van der Waals surface area contributed by atoms with E-state index in [1.165, 1.54) is 0 Å². The fraction of sp³-hybridized carbons (Fsp3) is 0.364. The highest BCUT2D eigenvalue weighted by molar-refractivity contribution is 6.30. The van der Waals surface area contributed by atoms with Crippen LogP contribution in [0.2, 0.25) is 5.02 Å². The lowest BCUT2D eigenvalue weighted by Crippen LogP contribution is -2.35. The van der Waals surface area contributed by atoms with Crippen molar-refractivity contribution in [2.45, 2.75) is 6.04 Å². The van der Waals surface area contributed by atoms with Gasteiger partial charge >= 0.3 is 6.03 Å². The Kier molecular flexibility index (Phi) is 3.03. The van der Waals surface area contributed by atoms with Crippen molar-refractivity contribution in [2.24, 2.45) is 5.73 Å². The van der Waals surface area contributed by atoms with Crippen LogP contribution in [0.1, 0.15) is 0 Å². The molecule has 1 aromatic rings. The number of urea groups is 1. The van der Waals surface area contributed by atoms with Crippen LogP contribution in [0.15, 0.2) is 24.3 Å². The number of benzene rings is 1. The number of likely N-dealkylation sites (N-methyl/N-ethyl adjacent to an activating group) is 1. The molecule has 86 valence electrons. The number of carbonyl (C=O) groups excluding carboxylic acids is 1. The first-order valence-electron chi connectivity index (χ1n) is 5.13. The number of rotatable bonds is 2. The summed E-state index contributed by atoms with van der Waals surface area (Å²) in [6.45, 7) is 1.11. The molecule has 1 aromatic carbocycles. The number of halogens is 1. The second-order valence-electron chi connectivity index (χ2n) is 3.87. The highest BCUT2D eigenvalue weighted by Gasteiger charge is 2.34. The summed E-state index contributed by atoms with van der Waals surface area (Å²) in [4.78, 5) is 15.3. The molecule has 1 saturated heterocycles. The summed E-state index contributed by atoms with van der Waals surface area (Å²) in [6, 6.07) is 7.31. The molecule has 16 heavy (non-hydrogen) atoms. The first kappa shape index (κ1) is 11.2. The van der Waals surface area contributed by atoms with Crippen molar-refractivity contribution in [1.29, 1.82) is 0 Å². The maximum absolute atomic E-state index is 11.9. The number of anilines is 1. The van der Waals surface area contributed by atoms with Gasteiger partial charge in [-0.05, 0) is 24.3 Å². The molecule has 0 aromatic heterocycles. The van der Waals surface area contributed by atoms with E-state index in [-0.39, 0.29) is 12.1 Å². The molecule has 0 bridgehead atoms. The molecule has 0 spiro atoms. The summed E-state index contributed by atoms with van der Waals surface area (Å²) in [5.41, 5.74) is 6.47. The van der Waals surface area contributed by atoms with Gasteiger partial charge in [-0.1, -0.05) is 11.6 Å². The van der Waals surface area contributed by atoms with Crippen molar-refractivity contribution in [1.82, 2.24) is 4.90 Å². The second kappa shape index (κ2) is 4.31. The van der Waals surface area contributed by atoms with Gasteiger partial charge in [0.2, 0.25) is 0 Å². The van der Waals surface area contributed by atoms with E-state index >= 15 is 0 Å². The first-order valence-corrected chi connectivity index (χ1v) is 5.51. The topological polar surface area (TPSA) is 49.6 Å². The van der Waals surface area contributed by atoms with E-state index in [0.29, 0.717) is 18.1 Å². The van der Waals surface area contributed by atoms with Crippen molar-refractivity contribution >= 4 is 23.3 Å². The van der Waals surface area contributed by atoms with Crippen LogP contribution in [-0.4, -0.2) is 37.1 Å². The predicted octanol–water partition coefficient (Wildman–Crippen LogP) is 1.54. The van der Waals surface area contributed by atoms with Gasteiger partial charge in [-0.25, -0.2) is 4.79 Å². The van der Waals surface area contributed by atoms with Crippen molar-refractivity contribution in [3.05, 3.63) is 29.3 Å². The van der Waals surface area contributed by atoms with E-state index in [1.807, 2.05) is 12.1 Å². The number of hydrogen-bond donors (Lipinski definition) is 1. The first-order chi connectivity index (χ1) is 7.63. The van der Waals surface area contributed by atoms with Gasteiger partial charge in [0, 0.05) is 30.8 Å². The normalized spacial score (nSPS) is 20.7. The van der Waals surface area contributed by atoms with Crippen molar-refractivity contribution in [3.8, 4) is 0 Å². The molecule has 0 saturated carbocycles. The summed E-state index contributed by atoms with van der Waals surface area (Å²) < 4.78 is 0. The highest BCUT2D eigenvalue weighted by atomic mass is 35.5. The fourth-order valence-corrected chi connectivity index (χ4v) is 1.95. The SMILES string of the molecule is CN1C(=O)N(c2ccc(Cl)cc2)CC1CN. The van der Waals surface area contributed by atoms with Crippen LogP contribution in [0, 0.1) is 0 Å². The van der Waals surface area contributed by atoms with E-state index in [0.717, 1.165) is 5.69 Å². The average molecular weight is 240 g/mol. The molecule has 1 aliphatic heterocycles. The number of nitrogens with two attached hydrogens (primary N) is 1. The van der Waals surface area contributed by atoms with Gasteiger partial charge < -0.3 is 10.6 Å². The monoisotopic (exact) mass is 239 g/mol. The molecule has 1 atom stereocenters. The Morgan fingerprint density at radius 3 is 2.56 bits per heavy atom. The Morgan fingerprint density at radius 2 is 2.06 bits per heavy atom. The third-order valence-corrected chi connectivity index (χ3v) is 3.14. The van der Waals surface area contributed by atoms with Crippen LogP contribution in [0.25, 0.3) is 0 Å². The summed E-state index contributed by atoms with van der Waals surface area (Å²) in [5.74, 6) is 0. The molecular weight excluding hydrogens is 226 g/mol. The van der Waals surface area contributed by atoms with Crippen LogP contribution in [0.5, 0.6) is 0 Å². The third-order valence-electron chi connectivity index (χ3n) is 2.88. The smallest absolute Gasteiger partial charge is 0.324 e. The summed E-state index contributed by atoms with van der Waals surface area (Å²) in [7, 11) is 1.77. The lowest BCUT2D eigenvalue weighted by atomic mass is 10.2. The van der Waals surface area contributed by atoms with Gasteiger partial charge in [0.25, 0.3) is 0 Å². The lowest BCUT2D eigenvalue weighted by molar-refractivity contribution is 0.219. The Bertz CT molecular complexity index is 393. The van der Waals surface area contributed by atoms with Crippen molar-refractivity contribution in [2.75, 3.05) is 25.0 Å². The largest absolute Gasteiger partial charge is 0.328 e. The van der Waals surface area contributed by atoms with Gasteiger partial charge in [0.15, 0.2) is 0 Å². The molecule has 2 N–H and O–H groups in total. The van der Waals surface area contributed by atoms with Crippen molar-refractivity contribution in [3.63, 3.8) is 0 Å². The minimum atomic E-state index is -0.0160. The molecule has 1 aliphatic rings. The standard InChI is InChI=1S/C11H14ClN3O/c1-14-10(6-13)7-15(11(14)16)9-4-2-8(12)3-5-9/h2-5,10H,6-7,13H2,1H3. The summed E-state index contributed by atoms with van der Waals surface area (Å²) in [6.07, 6.45) is 0. The van der Waals surface area contributed by atoms with Gasteiger partial charge in [-0.15, -0.1) is 0 Å². The highest BCUT2D eigenvalue weighted by Crippen LogP contribution is 2.23. The maximum atomic E-state index is 11.9. The Balaban J connectivity index is 2.23. The molecule has 0 radical (unpaired) electrons. The summed E-state index contributed by atoms with van der Waals surface area (Å²) >= 11 is 5.81. The van der Waals surface area contributed by atoms with Crippen LogP contribution in [0.3, 0.4) is 0 Å². The molecule has 2 rings (SSSR count). The third kappa shape index (κ3) is 1.86. The fourth-order valence-electron chi connectivity index (χ4n) is 1.83. The maximum Gasteiger partial charge on any atom is 0.324 e. The second-order valence-corrected chi connectivity index (χ2v) is 4.31. The van der Waals surface area contributed by atoms with E-state index in [1.54, 1.807) is 29.0 Å². The van der Waals surface area contributed by atoms with E-state index in [2.05, 4.69) is 0 Å². The van der Waals surface area contributed by atoms with Crippen LogP contribution < -0.4 is 10.6 Å². The van der Waals surface area contributed by atoms with Crippen LogP contribution in [0.4, 0.5) is 10.5 Å². The van der Waals surface area contributed by atoms with Gasteiger partial charge in [0.05, 0.1) is 6.04 Å². The zero-order valence-corrected chi connectivity index (χ0v) is 9.81. The van der Waals surface area contributed by atoms with Crippen molar-refractivity contribution < 1.29 is 4.79 Å². The van der Waals surface area contributed by atoms with Crippen LogP contribution >= 0.6 is 11.6 Å². The molecule has 0 aliphatic carbocycles. The molecular formula is C11H14ClN3O. The van der Waals surface area contributed by atoms with Crippen LogP contribution in [-0.2, 0) is 0 Å². The summed E-state index contributed by atoms with van der Waals surface area (Å²) in [5, 5.41) is 0.666. The molecule has 5 heteroatoms. The number of carbonyl (C=O) groups is 1. The van der Waals surface area contributed by atoms with E-state index < -0.39 is 0 Å². The Hall–Kier alpha value is -1.26. The van der Waals surface area contributed by atoms with E-state index in [4.69, 9.17) is 17.3 Å². The molecule has 1 heterocycles. The average Bonchev–Trinajstić information content (AvgIpc) is 2.57. The minimum Gasteiger partial charge on any atom is -0.328 e. The van der Waals surface area contributed by atoms with E-state index in [9.17, 15) is 4.79 Å². The lowest BCUT2D eigenvalue weighted by Gasteiger charge is -2.16. The molecule has 1 unspecified atom stereocenters. The van der Waals surface area contributed by atoms with Gasteiger partial charge in [-0.2, -0.15) is 0 Å². The Morgan fingerprint density at radius 1 is 1.44 bits per heavy atom.